The van der Waals surface area contributed by atoms with E-state index in [9.17, 15) is 0 Å². The van der Waals surface area contributed by atoms with Gasteiger partial charge in [0.2, 0.25) is 5.88 Å². The van der Waals surface area contributed by atoms with Crippen molar-refractivity contribution in [2.45, 2.75) is 25.6 Å². The molecule has 3 aromatic rings. The number of rotatable bonds is 4. The second-order valence-corrected chi connectivity index (χ2v) is 7.08. The number of pyridine rings is 1. The monoisotopic (exact) mass is 354 g/mol. The Morgan fingerprint density at radius 3 is 2.96 bits per heavy atom. The van der Waals surface area contributed by atoms with Gasteiger partial charge in [-0.2, -0.15) is 5.10 Å². The minimum atomic E-state index is -0.209. The summed E-state index contributed by atoms with van der Waals surface area (Å²) in [5.41, 5.74) is 2.83. The first-order valence-electron chi connectivity index (χ1n) is 8.62. The van der Waals surface area contributed by atoms with Gasteiger partial charge in [0.15, 0.2) is 5.52 Å². The lowest BCUT2D eigenvalue weighted by atomic mass is 10.1. The van der Waals surface area contributed by atoms with Crippen LogP contribution in [0.2, 0.25) is 0 Å². The van der Waals surface area contributed by atoms with E-state index in [0.717, 1.165) is 29.9 Å². The fourth-order valence-corrected chi connectivity index (χ4v) is 3.08. The van der Waals surface area contributed by atoms with Crippen LogP contribution in [0.25, 0.3) is 22.3 Å². The molecule has 3 aromatic heterocycles. The first kappa shape index (κ1) is 16.9. The van der Waals surface area contributed by atoms with Gasteiger partial charge in [-0.05, 0) is 19.9 Å². The standard InChI is InChI=1S/C18H22N6O2/c1-18(2)11-19-8-13(26-18)10-25-17-16-15(20-4-5-21-16)6-14(23-17)12-7-22-24(3)9-12/h4-7,9,13,19H,8,10-11H2,1-3H3/t13-/m0/s1. The zero-order valence-electron chi connectivity index (χ0n) is 15.1. The summed E-state index contributed by atoms with van der Waals surface area (Å²) in [7, 11) is 1.87. The van der Waals surface area contributed by atoms with Crippen LogP contribution in [0.5, 0.6) is 5.88 Å². The maximum atomic E-state index is 6.06. The van der Waals surface area contributed by atoms with Gasteiger partial charge in [0.25, 0.3) is 0 Å². The predicted octanol–water partition coefficient (Wildman–Crippen LogP) is 1.57. The van der Waals surface area contributed by atoms with Crippen molar-refractivity contribution < 1.29 is 9.47 Å². The summed E-state index contributed by atoms with van der Waals surface area (Å²) in [6.45, 7) is 6.09. The second kappa shape index (κ2) is 6.62. The third-order valence-electron chi connectivity index (χ3n) is 4.24. The van der Waals surface area contributed by atoms with Crippen LogP contribution in [0.1, 0.15) is 13.8 Å². The number of nitrogens with one attached hydrogen (secondary N) is 1. The van der Waals surface area contributed by atoms with E-state index in [2.05, 4.69) is 39.2 Å². The first-order valence-corrected chi connectivity index (χ1v) is 8.62. The largest absolute Gasteiger partial charge is 0.473 e. The highest BCUT2D eigenvalue weighted by atomic mass is 16.6. The molecule has 4 rings (SSSR count). The average Bonchev–Trinajstić information content (AvgIpc) is 3.05. The Hall–Kier alpha value is -2.58. The topological polar surface area (TPSA) is 87.0 Å². The Bertz CT molecular complexity index is 923. The minimum Gasteiger partial charge on any atom is -0.473 e. The van der Waals surface area contributed by atoms with Crippen molar-refractivity contribution in [2.24, 2.45) is 7.05 Å². The molecule has 0 unspecified atom stereocenters. The zero-order valence-corrected chi connectivity index (χ0v) is 15.1. The molecule has 0 spiro atoms. The van der Waals surface area contributed by atoms with Crippen LogP contribution in [0.3, 0.4) is 0 Å². The molecule has 0 bridgehead atoms. The summed E-state index contributed by atoms with van der Waals surface area (Å²) in [4.78, 5) is 13.4. The van der Waals surface area contributed by atoms with E-state index in [4.69, 9.17) is 9.47 Å². The molecule has 0 aromatic carbocycles. The number of morpholine rings is 1. The summed E-state index contributed by atoms with van der Waals surface area (Å²) in [6.07, 6.45) is 6.93. The molecule has 0 radical (unpaired) electrons. The van der Waals surface area contributed by atoms with Gasteiger partial charge in [-0.3, -0.25) is 9.67 Å². The van der Waals surface area contributed by atoms with E-state index in [1.165, 1.54) is 0 Å². The number of aryl methyl sites for hydroxylation is 1. The van der Waals surface area contributed by atoms with Gasteiger partial charge in [0.1, 0.15) is 12.7 Å². The van der Waals surface area contributed by atoms with Crippen molar-refractivity contribution in [2.75, 3.05) is 19.7 Å². The first-order chi connectivity index (χ1) is 12.5. The molecule has 1 aliphatic rings. The van der Waals surface area contributed by atoms with Crippen molar-refractivity contribution in [1.29, 1.82) is 0 Å². The van der Waals surface area contributed by atoms with Crippen molar-refractivity contribution >= 4 is 11.0 Å². The van der Waals surface area contributed by atoms with E-state index in [0.29, 0.717) is 18.0 Å². The Morgan fingerprint density at radius 2 is 2.19 bits per heavy atom. The molecule has 1 saturated heterocycles. The van der Waals surface area contributed by atoms with Crippen molar-refractivity contribution in [1.82, 2.24) is 30.0 Å². The van der Waals surface area contributed by atoms with Crippen LogP contribution in [0.15, 0.2) is 30.9 Å². The third kappa shape index (κ3) is 3.51. The normalized spacial score (nSPS) is 19.6. The van der Waals surface area contributed by atoms with E-state index in [-0.39, 0.29) is 11.7 Å². The van der Waals surface area contributed by atoms with Gasteiger partial charge >= 0.3 is 0 Å². The van der Waals surface area contributed by atoms with Crippen molar-refractivity contribution in [3.63, 3.8) is 0 Å². The van der Waals surface area contributed by atoms with Gasteiger partial charge in [0, 0.05) is 44.3 Å². The highest BCUT2D eigenvalue weighted by Crippen LogP contribution is 2.27. The number of hydrogen-bond acceptors (Lipinski definition) is 7. The zero-order chi connectivity index (χ0) is 18.1. The quantitative estimate of drug-likeness (QED) is 0.761. The summed E-state index contributed by atoms with van der Waals surface area (Å²) in [5, 5.41) is 7.58. The van der Waals surface area contributed by atoms with Gasteiger partial charge in [-0.1, -0.05) is 0 Å². The smallest absolute Gasteiger partial charge is 0.242 e. The molecule has 1 atom stereocenters. The lowest BCUT2D eigenvalue weighted by molar-refractivity contribution is -0.107. The fraction of sp³-hybridized carbons (Fsp3) is 0.444. The van der Waals surface area contributed by atoms with Crippen LogP contribution in [0.4, 0.5) is 0 Å². The molecule has 0 amide bonds. The molecular formula is C18H22N6O2. The second-order valence-electron chi connectivity index (χ2n) is 7.08. The molecule has 0 saturated carbocycles. The molecule has 8 heteroatoms. The molecule has 1 aliphatic heterocycles. The SMILES string of the molecule is Cn1cc(-c2cc3nccnc3c(OC[C@@H]3CNCC(C)(C)O3)n2)cn1. The van der Waals surface area contributed by atoms with E-state index >= 15 is 0 Å². The number of aromatic nitrogens is 5. The van der Waals surface area contributed by atoms with Gasteiger partial charge in [0.05, 0.1) is 23.0 Å². The van der Waals surface area contributed by atoms with Crippen LogP contribution in [0, 0.1) is 0 Å². The molecular weight excluding hydrogens is 332 g/mol. The van der Waals surface area contributed by atoms with Gasteiger partial charge in [-0.15, -0.1) is 0 Å². The van der Waals surface area contributed by atoms with Gasteiger partial charge < -0.3 is 14.8 Å². The summed E-state index contributed by atoms with van der Waals surface area (Å²) in [6, 6.07) is 1.90. The molecule has 0 aliphatic carbocycles. The molecule has 136 valence electrons. The summed E-state index contributed by atoms with van der Waals surface area (Å²) < 4.78 is 13.8. The highest BCUT2D eigenvalue weighted by molar-refractivity contribution is 5.83. The molecule has 1 fully saturated rings. The number of nitrogens with zero attached hydrogens (tertiary/aromatic N) is 5. The number of fused-ring (bicyclic) bond motifs is 1. The Kier molecular flexibility index (Phi) is 4.29. The fourth-order valence-electron chi connectivity index (χ4n) is 3.08. The molecule has 1 N–H and O–H groups in total. The van der Waals surface area contributed by atoms with Crippen LogP contribution >= 0.6 is 0 Å². The minimum absolute atomic E-state index is 0.0469. The Balaban J connectivity index is 1.63. The van der Waals surface area contributed by atoms with Crippen LogP contribution in [-0.2, 0) is 11.8 Å². The third-order valence-corrected chi connectivity index (χ3v) is 4.24. The highest BCUT2D eigenvalue weighted by Gasteiger charge is 2.29. The number of ether oxygens (including phenoxy) is 2. The van der Waals surface area contributed by atoms with Crippen molar-refractivity contribution in [3.05, 3.63) is 30.9 Å². The lowest BCUT2D eigenvalue weighted by Crippen LogP contribution is -2.52. The van der Waals surface area contributed by atoms with Crippen LogP contribution < -0.4 is 10.1 Å². The Morgan fingerprint density at radius 1 is 1.35 bits per heavy atom. The maximum Gasteiger partial charge on any atom is 0.242 e. The lowest BCUT2D eigenvalue weighted by Gasteiger charge is -2.36. The average molecular weight is 354 g/mol. The van der Waals surface area contributed by atoms with Gasteiger partial charge in [-0.25, -0.2) is 9.97 Å². The molecule has 4 heterocycles. The van der Waals surface area contributed by atoms with Crippen LogP contribution in [-0.4, -0.2) is 56.1 Å². The van der Waals surface area contributed by atoms with E-state index < -0.39 is 0 Å². The maximum absolute atomic E-state index is 6.06. The molecule has 26 heavy (non-hydrogen) atoms. The Labute approximate surface area is 151 Å². The summed E-state index contributed by atoms with van der Waals surface area (Å²) in [5.74, 6) is 0.460. The molecule has 8 nitrogen and oxygen atoms in total. The number of hydrogen-bond donors (Lipinski definition) is 1. The van der Waals surface area contributed by atoms with E-state index in [1.807, 2.05) is 19.3 Å². The van der Waals surface area contributed by atoms with Crippen molar-refractivity contribution in [3.8, 4) is 17.1 Å². The predicted molar refractivity (Wildman–Crippen MR) is 96.9 cm³/mol. The van der Waals surface area contributed by atoms with E-state index in [1.54, 1.807) is 23.3 Å². The summed E-state index contributed by atoms with van der Waals surface area (Å²) >= 11 is 0.